The van der Waals surface area contributed by atoms with Crippen molar-refractivity contribution in [1.29, 1.82) is 0 Å². The molecule has 3 aliphatic rings. The summed E-state index contributed by atoms with van der Waals surface area (Å²) in [6.07, 6.45) is 0.207. The van der Waals surface area contributed by atoms with E-state index in [1.54, 1.807) is 0 Å². The van der Waals surface area contributed by atoms with Crippen molar-refractivity contribution >= 4 is 28.8 Å². The van der Waals surface area contributed by atoms with Crippen LogP contribution in [0.5, 0.6) is 0 Å². The molecule has 1 aromatic rings. The Morgan fingerprint density at radius 3 is 2.61 bits per heavy atom. The predicted octanol–water partition coefficient (Wildman–Crippen LogP) is 3.75. The van der Waals surface area contributed by atoms with Gasteiger partial charge in [-0.2, -0.15) is 0 Å². The van der Waals surface area contributed by atoms with Gasteiger partial charge >= 0.3 is 5.97 Å². The van der Waals surface area contributed by atoms with Gasteiger partial charge in [0.2, 0.25) is 5.91 Å². The standard InChI is InChI=1S/C27H36N4O4S/c1-18-8-6-7-9-21(18)24-23(25(33)35-27(3,4)5)19(2)29-26-31(24)20(17-36-26)16-22(32)28-10-11-30-12-14-34-15-13-30/h6-9,17,24H,10-16H2,1-5H3,(H,28,32). The van der Waals surface area contributed by atoms with Crippen molar-refractivity contribution in [2.75, 3.05) is 39.4 Å². The maximum Gasteiger partial charge on any atom is 0.338 e. The molecule has 194 valence electrons. The Balaban J connectivity index is 1.55. The van der Waals surface area contributed by atoms with Crippen molar-refractivity contribution in [3.8, 4) is 0 Å². The second kappa shape index (κ2) is 11.2. The van der Waals surface area contributed by atoms with Crippen LogP contribution in [-0.4, -0.2) is 71.8 Å². The van der Waals surface area contributed by atoms with Crippen LogP contribution in [0.1, 0.15) is 51.3 Å². The Labute approximate surface area is 217 Å². The van der Waals surface area contributed by atoms with E-state index in [4.69, 9.17) is 14.5 Å². The molecule has 1 aromatic carbocycles. The smallest absolute Gasteiger partial charge is 0.338 e. The Morgan fingerprint density at radius 1 is 1.19 bits per heavy atom. The molecule has 1 saturated heterocycles. The molecule has 1 atom stereocenters. The summed E-state index contributed by atoms with van der Waals surface area (Å²) in [5, 5.41) is 5.79. The monoisotopic (exact) mass is 512 g/mol. The molecular formula is C27H36N4O4S. The number of morpholine rings is 1. The highest BCUT2D eigenvalue weighted by Crippen LogP contribution is 2.45. The van der Waals surface area contributed by atoms with Crippen molar-refractivity contribution < 1.29 is 19.1 Å². The number of ether oxygens (including phenoxy) is 2. The molecule has 1 fully saturated rings. The van der Waals surface area contributed by atoms with E-state index in [2.05, 4.69) is 10.2 Å². The summed E-state index contributed by atoms with van der Waals surface area (Å²) in [4.78, 5) is 35.4. The van der Waals surface area contributed by atoms with Crippen molar-refractivity contribution in [2.24, 2.45) is 4.99 Å². The van der Waals surface area contributed by atoms with Crippen LogP contribution in [0, 0.1) is 6.92 Å². The second-order valence-corrected chi connectivity index (χ2v) is 11.1. The van der Waals surface area contributed by atoms with Crippen LogP contribution in [0.15, 0.2) is 51.6 Å². The highest BCUT2D eigenvalue weighted by molar-refractivity contribution is 8.16. The molecule has 4 rings (SSSR count). The lowest BCUT2D eigenvalue weighted by atomic mass is 9.91. The number of nitrogens with zero attached hydrogens (tertiary/aromatic N) is 3. The first-order chi connectivity index (χ1) is 17.1. The van der Waals surface area contributed by atoms with Crippen LogP contribution in [0.2, 0.25) is 0 Å². The zero-order valence-electron chi connectivity index (χ0n) is 21.8. The summed E-state index contributed by atoms with van der Waals surface area (Å²) in [6, 6.07) is 7.60. The van der Waals surface area contributed by atoms with Crippen LogP contribution >= 0.6 is 11.8 Å². The van der Waals surface area contributed by atoms with Crippen molar-refractivity contribution in [1.82, 2.24) is 15.1 Å². The van der Waals surface area contributed by atoms with Gasteiger partial charge in [-0.25, -0.2) is 9.79 Å². The number of rotatable bonds is 7. The number of hydrogen-bond donors (Lipinski definition) is 1. The maximum atomic E-state index is 13.4. The zero-order valence-corrected chi connectivity index (χ0v) is 22.6. The largest absolute Gasteiger partial charge is 0.456 e. The number of hydrogen-bond acceptors (Lipinski definition) is 8. The molecule has 0 saturated carbocycles. The highest BCUT2D eigenvalue weighted by atomic mass is 32.2. The van der Waals surface area contributed by atoms with E-state index in [-0.39, 0.29) is 18.3 Å². The molecule has 0 spiro atoms. The van der Waals surface area contributed by atoms with Crippen LogP contribution in [0.4, 0.5) is 0 Å². The first kappa shape index (κ1) is 26.4. The molecule has 0 bridgehead atoms. The molecule has 36 heavy (non-hydrogen) atoms. The predicted molar refractivity (Wildman–Crippen MR) is 142 cm³/mol. The summed E-state index contributed by atoms with van der Waals surface area (Å²) >= 11 is 1.48. The number of thioether (sulfide) groups is 1. The van der Waals surface area contributed by atoms with E-state index in [9.17, 15) is 9.59 Å². The molecule has 3 aliphatic heterocycles. The molecular weight excluding hydrogens is 476 g/mol. The molecule has 9 heteroatoms. The molecule has 0 radical (unpaired) electrons. The minimum Gasteiger partial charge on any atom is -0.456 e. The molecule has 8 nitrogen and oxygen atoms in total. The average Bonchev–Trinajstić information content (AvgIpc) is 3.20. The van der Waals surface area contributed by atoms with E-state index in [0.29, 0.717) is 17.8 Å². The Morgan fingerprint density at radius 2 is 1.92 bits per heavy atom. The zero-order chi connectivity index (χ0) is 25.9. The third-order valence-corrected chi connectivity index (χ3v) is 7.19. The van der Waals surface area contributed by atoms with Crippen LogP contribution < -0.4 is 5.32 Å². The SMILES string of the molecule is CC1=C(C(=O)OC(C)(C)C)C(c2ccccc2C)N2C(CC(=O)NCCN3CCOCC3)=CSC2=N1. The molecule has 3 heterocycles. The maximum absolute atomic E-state index is 13.4. The summed E-state index contributed by atoms with van der Waals surface area (Å²) in [7, 11) is 0. The number of aryl methyl sites for hydroxylation is 1. The Kier molecular flexibility index (Phi) is 8.22. The number of esters is 1. The minimum absolute atomic E-state index is 0.0509. The number of fused-ring (bicyclic) bond motifs is 1. The number of aliphatic imine (C=N–C) groups is 1. The minimum atomic E-state index is -0.635. The van der Waals surface area contributed by atoms with Crippen LogP contribution in [0.3, 0.4) is 0 Å². The molecule has 0 aliphatic carbocycles. The molecule has 1 unspecified atom stereocenters. The number of amidine groups is 1. The van der Waals surface area contributed by atoms with Gasteiger partial charge in [0.25, 0.3) is 0 Å². The van der Waals surface area contributed by atoms with E-state index in [0.717, 1.165) is 54.8 Å². The van der Waals surface area contributed by atoms with Gasteiger partial charge in [-0.05, 0) is 51.2 Å². The van der Waals surface area contributed by atoms with Crippen molar-refractivity contribution in [3.63, 3.8) is 0 Å². The van der Waals surface area contributed by atoms with E-state index in [1.807, 2.05) is 69.2 Å². The lowest BCUT2D eigenvalue weighted by Gasteiger charge is -2.37. The van der Waals surface area contributed by atoms with Crippen LogP contribution in [-0.2, 0) is 19.1 Å². The van der Waals surface area contributed by atoms with Gasteiger partial charge in [-0.1, -0.05) is 36.0 Å². The van der Waals surface area contributed by atoms with Gasteiger partial charge < -0.3 is 19.7 Å². The lowest BCUT2D eigenvalue weighted by molar-refractivity contribution is -0.150. The van der Waals surface area contributed by atoms with Gasteiger partial charge in [-0.3, -0.25) is 9.69 Å². The van der Waals surface area contributed by atoms with Crippen molar-refractivity contribution in [3.05, 3.63) is 57.8 Å². The summed E-state index contributed by atoms with van der Waals surface area (Å²) in [5.74, 6) is -0.438. The fourth-order valence-electron chi connectivity index (χ4n) is 4.56. The fraction of sp³-hybridized carbons (Fsp3) is 0.519. The van der Waals surface area contributed by atoms with Gasteiger partial charge in [0.1, 0.15) is 5.60 Å². The van der Waals surface area contributed by atoms with E-state index in [1.165, 1.54) is 11.8 Å². The second-order valence-electron chi connectivity index (χ2n) is 10.2. The molecule has 0 aromatic heterocycles. The quantitative estimate of drug-likeness (QED) is 0.557. The summed E-state index contributed by atoms with van der Waals surface area (Å²) in [6.45, 7) is 14.1. The number of benzene rings is 1. The first-order valence-electron chi connectivity index (χ1n) is 12.4. The lowest BCUT2D eigenvalue weighted by Crippen LogP contribution is -2.42. The molecule has 1 N–H and O–H groups in total. The summed E-state index contributed by atoms with van der Waals surface area (Å²) < 4.78 is 11.2. The van der Waals surface area contributed by atoms with E-state index < -0.39 is 11.6 Å². The third kappa shape index (κ3) is 6.19. The van der Waals surface area contributed by atoms with Gasteiger partial charge in [0.15, 0.2) is 5.17 Å². The summed E-state index contributed by atoms with van der Waals surface area (Å²) in [5.41, 5.74) is 3.38. The van der Waals surface area contributed by atoms with Crippen molar-refractivity contribution in [2.45, 2.75) is 52.7 Å². The van der Waals surface area contributed by atoms with Gasteiger partial charge in [0, 0.05) is 31.9 Å². The van der Waals surface area contributed by atoms with E-state index >= 15 is 0 Å². The average molecular weight is 513 g/mol. The number of nitrogens with one attached hydrogen (secondary N) is 1. The number of carbonyl (C=O) groups excluding carboxylic acids is 2. The van der Waals surface area contributed by atoms with Crippen LogP contribution in [0.25, 0.3) is 0 Å². The Bertz CT molecular complexity index is 1100. The van der Waals surface area contributed by atoms with Gasteiger partial charge in [0.05, 0.1) is 36.9 Å². The third-order valence-electron chi connectivity index (χ3n) is 6.30. The molecule has 1 amide bonds. The normalized spacial score (nSPS) is 20.6. The topological polar surface area (TPSA) is 83.5 Å². The first-order valence-corrected chi connectivity index (χ1v) is 13.3. The number of allylic oxidation sites excluding steroid dienone is 1. The Hall–Kier alpha value is -2.62. The van der Waals surface area contributed by atoms with Gasteiger partial charge in [-0.15, -0.1) is 0 Å². The number of carbonyl (C=O) groups is 2. The number of amides is 1. The fourth-order valence-corrected chi connectivity index (χ4v) is 5.52. The highest BCUT2D eigenvalue weighted by Gasteiger charge is 2.42.